The van der Waals surface area contributed by atoms with Gasteiger partial charge in [0.25, 0.3) is 0 Å². The topological polar surface area (TPSA) is 30.5 Å². The predicted octanol–water partition coefficient (Wildman–Crippen LogP) is 7.20. The quantitative estimate of drug-likeness (QED) is 0.410. The SMILES string of the molecule is CCOc1cc(CNc2ccc(C)cc2C)cc(Cl)c1OCc1cccc(Cl)c1. The second-order valence-electron chi connectivity index (χ2n) is 6.93. The van der Waals surface area contributed by atoms with Crippen LogP contribution in [-0.2, 0) is 13.2 Å². The molecule has 0 fully saturated rings. The summed E-state index contributed by atoms with van der Waals surface area (Å²) in [5.74, 6) is 1.18. The first-order chi connectivity index (χ1) is 14.0. The van der Waals surface area contributed by atoms with E-state index in [1.165, 1.54) is 11.1 Å². The monoisotopic (exact) mass is 429 g/mol. The van der Waals surface area contributed by atoms with Crippen LogP contribution in [0.25, 0.3) is 0 Å². The number of benzene rings is 3. The fraction of sp³-hybridized carbons (Fsp3) is 0.250. The summed E-state index contributed by atoms with van der Waals surface area (Å²) in [6.45, 7) is 7.65. The number of anilines is 1. The number of ether oxygens (including phenoxy) is 2. The van der Waals surface area contributed by atoms with Gasteiger partial charge in [-0.15, -0.1) is 0 Å². The van der Waals surface area contributed by atoms with Gasteiger partial charge in [-0.3, -0.25) is 0 Å². The maximum atomic E-state index is 6.54. The third-order valence-electron chi connectivity index (χ3n) is 4.51. The molecule has 0 aliphatic heterocycles. The Kier molecular flexibility index (Phi) is 7.29. The van der Waals surface area contributed by atoms with Crippen molar-refractivity contribution in [2.24, 2.45) is 0 Å². The van der Waals surface area contributed by atoms with Crippen LogP contribution in [0.3, 0.4) is 0 Å². The summed E-state index contributed by atoms with van der Waals surface area (Å²) in [7, 11) is 0. The molecule has 0 bridgehead atoms. The van der Waals surface area contributed by atoms with E-state index in [2.05, 4.69) is 37.4 Å². The Morgan fingerprint density at radius 1 is 0.897 bits per heavy atom. The minimum Gasteiger partial charge on any atom is -0.490 e. The molecule has 3 rings (SSSR count). The molecule has 3 aromatic rings. The van der Waals surface area contributed by atoms with E-state index >= 15 is 0 Å². The largest absolute Gasteiger partial charge is 0.490 e. The normalized spacial score (nSPS) is 10.7. The van der Waals surface area contributed by atoms with Crippen LogP contribution in [0.4, 0.5) is 5.69 Å². The van der Waals surface area contributed by atoms with Crippen LogP contribution >= 0.6 is 23.2 Å². The highest BCUT2D eigenvalue weighted by molar-refractivity contribution is 6.32. The summed E-state index contributed by atoms with van der Waals surface area (Å²) in [5, 5.41) is 4.67. The lowest BCUT2D eigenvalue weighted by Gasteiger charge is -2.16. The molecule has 0 heterocycles. The van der Waals surface area contributed by atoms with Crippen molar-refractivity contribution in [2.75, 3.05) is 11.9 Å². The minimum atomic E-state index is 0.362. The second-order valence-corrected chi connectivity index (χ2v) is 7.77. The molecule has 3 aromatic carbocycles. The van der Waals surface area contributed by atoms with Crippen molar-refractivity contribution in [1.29, 1.82) is 0 Å². The van der Waals surface area contributed by atoms with Crippen LogP contribution in [0.5, 0.6) is 11.5 Å². The Bertz CT molecular complexity index is 989. The van der Waals surface area contributed by atoms with E-state index in [4.69, 9.17) is 32.7 Å². The number of halogens is 2. The smallest absolute Gasteiger partial charge is 0.180 e. The molecule has 0 atom stereocenters. The highest BCUT2D eigenvalue weighted by atomic mass is 35.5. The van der Waals surface area contributed by atoms with Crippen LogP contribution in [0.2, 0.25) is 10.0 Å². The van der Waals surface area contributed by atoms with Crippen molar-refractivity contribution in [3.8, 4) is 11.5 Å². The Hall–Kier alpha value is -2.36. The molecule has 0 saturated heterocycles. The van der Waals surface area contributed by atoms with Gasteiger partial charge < -0.3 is 14.8 Å². The highest BCUT2D eigenvalue weighted by Crippen LogP contribution is 2.37. The van der Waals surface area contributed by atoms with Crippen molar-refractivity contribution in [3.05, 3.63) is 86.9 Å². The van der Waals surface area contributed by atoms with Crippen LogP contribution in [0.1, 0.15) is 29.2 Å². The van der Waals surface area contributed by atoms with Gasteiger partial charge >= 0.3 is 0 Å². The van der Waals surface area contributed by atoms with Gasteiger partial charge in [-0.05, 0) is 67.8 Å². The molecule has 1 N–H and O–H groups in total. The Morgan fingerprint density at radius 3 is 2.45 bits per heavy atom. The van der Waals surface area contributed by atoms with Crippen LogP contribution in [0.15, 0.2) is 54.6 Å². The van der Waals surface area contributed by atoms with E-state index in [9.17, 15) is 0 Å². The molecule has 152 valence electrons. The average Bonchev–Trinajstić information content (AvgIpc) is 2.67. The van der Waals surface area contributed by atoms with Crippen LogP contribution in [-0.4, -0.2) is 6.61 Å². The van der Waals surface area contributed by atoms with Gasteiger partial charge in [0.2, 0.25) is 0 Å². The Labute approximate surface area is 182 Å². The van der Waals surface area contributed by atoms with Gasteiger partial charge in [0.05, 0.1) is 11.6 Å². The van der Waals surface area contributed by atoms with Crippen molar-refractivity contribution < 1.29 is 9.47 Å². The lowest BCUT2D eigenvalue weighted by atomic mass is 10.1. The summed E-state index contributed by atoms with van der Waals surface area (Å²) in [4.78, 5) is 0. The van der Waals surface area contributed by atoms with Gasteiger partial charge in [0.1, 0.15) is 6.61 Å². The van der Waals surface area contributed by atoms with E-state index < -0.39 is 0 Å². The lowest BCUT2D eigenvalue weighted by molar-refractivity contribution is 0.269. The zero-order valence-electron chi connectivity index (χ0n) is 16.9. The van der Waals surface area contributed by atoms with Gasteiger partial charge in [-0.25, -0.2) is 0 Å². The van der Waals surface area contributed by atoms with Gasteiger partial charge in [-0.1, -0.05) is 53.0 Å². The fourth-order valence-electron chi connectivity index (χ4n) is 3.12. The summed E-state index contributed by atoms with van der Waals surface area (Å²) >= 11 is 12.6. The Balaban J connectivity index is 1.76. The van der Waals surface area contributed by atoms with E-state index in [0.717, 1.165) is 16.8 Å². The zero-order valence-corrected chi connectivity index (χ0v) is 18.4. The molecule has 29 heavy (non-hydrogen) atoms. The molecule has 0 spiro atoms. The number of nitrogens with one attached hydrogen (secondary N) is 1. The zero-order chi connectivity index (χ0) is 20.8. The molecule has 3 nitrogen and oxygen atoms in total. The molecule has 5 heteroatoms. The standard InChI is InChI=1S/C24H25Cl2NO2/c1-4-28-23-13-19(14-27-22-9-8-16(2)10-17(22)3)12-21(26)24(23)29-15-18-6-5-7-20(25)11-18/h5-13,27H,4,14-15H2,1-3H3. The van der Waals surface area contributed by atoms with Crippen molar-refractivity contribution in [1.82, 2.24) is 0 Å². The molecule has 0 amide bonds. The maximum Gasteiger partial charge on any atom is 0.180 e. The summed E-state index contributed by atoms with van der Waals surface area (Å²) in [6, 6.07) is 17.8. The summed E-state index contributed by atoms with van der Waals surface area (Å²) in [5.41, 5.74) is 5.55. The van der Waals surface area contributed by atoms with Crippen molar-refractivity contribution in [2.45, 2.75) is 33.9 Å². The first kappa shape index (κ1) is 21.4. The van der Waals surface area contributed by atoms with Gasteiger partial charge in [-0.2, -0.15) is 0 Å². The maximum absolute atomic E-state index is 6.54. The minimum absolute atomic E-state index is 0.362. The number of aryl methyl sites for hydroxylation is 2. The van der Waals surface area contributed by atoms with Gasteiger partial charge in [0, 0.05) is 17.3 Å². The number of hydrogen-bond acceptors (Lipinski definition) is 3. The van der Waals surface area contributed by atoms with Crippen molar-refractivity contribution in [3.63, 3.8) is 0 Å². The van der Waals surface area contributed by atoms with Crippen LogP contribution < -0.4 is 14.8 Å². The summed E-state index contributed by atoms with van der Waals surface area (Å²) < 4.78 is 11.8. The Morgan fingerprint density at radius 2 is 1.72 bits per heavy atom. The molecular formula is C24H25Cl2NO2. The van der Waals surface area contributed by atoms with E-state index in [1.807, 2.05) is 43.3 Å². The van der Waals surface area contributed by atoms with Crippen LogP contribution in [0, 0.1) is 13.8 Å². The highest BCUT2D eigenvalue weighted by Gasteiger charge is 2.13. The molecule has 0 unspecified atom stereocenters. The van der Waals surface area contributed by atoms with Gasteiger partial charge in [0.15, 0.2) is 11.5 Å². The molecule has 0 radical (unpaired) electrons. The molecule has 0 saturated carbocycles. The molecular weight excluding hydrogens is 405 g/mol. The van der Waals surface area contributed by atoms with E-state index in [0.29, 0.717) is 41.3 Å². The first-order valence-corrected chi connectivity index (χ1v) is 10.4. The molecule has 0 aromatic heterocycles. The molecule has 0 aliphatic rings. The van der Waals surface area contributed by atoms with E-state index in [1.54, 1.807) is 0 Å². The summed E-state index contributed by atoms with van der Waals surface area (Å²) in [6.07, 6.45) is 0. The lowest BCUT2D eigenvalue weighted by Crippen LogP contribution is -2.04. The second kappa shape index (κ2) is 9.91. The first-order valence-electron chi connectivity index (χ1n) is 9.60. The predicted molar refractivity (Wildman–Crippen MR) is 122 cm³/mol. The number of hydrogen-bond donors (Lipinski definition) is 1. The number of rotatable bonds is 8. The third-order valence-corrected chi connectivity index (χ3v) is 5.02. The molecule has 0 aliphatic carbocycles. The fourth-order valence-corrected chi connectivity index (χ4v) is 3.62. The average molecular weight is 430 g/mol. The van der Waals surface area contributed by atoms with E-state index in [-0.39, 0.29) is 0 Å². The third kappa shape index (κ3) is 5.81. The van der Waals surface area contributed by atoms with Crippen molar-refractivity contribution >= 4 is 28.9 Å².